The second kappa shape index (κ2) is 16.8. The molecule has 5 heterocycles. The Morgan fingerprint density at radius 1 is 1.06 bits per heavy atom. The highest BCUT2D eigenvalue weighted by Gasteiger charge is 2.50. The molecule has 18 heteroatoms. The molecule has 1 aliphatic heterocycles. The lowest BCUT2D eigenvalue weighted by Gasteiger charge is -2.30. The maximum Gasteiger partial charge on any atom is 0.434 e. The molecule has 1 aliphatic carbocycles. The first kappa shape index (κ1) is 43.4. The van der Waals surface area contributed by atoms with Crippen molar-refractivity contribution in [1.29, 1.82) is 0 Å². The first-order valence-electron chi connectivity index (χ1n) is 20.4. The third kappa shape index (κ3) is 8.47. The van der Waals surface area contributed by atoms with E-state index in [9.17, 15) is 23.2 Å². The fourth-order valence-electron chi connectivity index (χ4n) is 8.38. The zero-order valence-corrected chi connectivity index (χ0v) is 36.1. The Morgan fingerprint density at radius 2 is 1.83 bits per heavy atom. The molecule has 0 spiro atoms. The summed E-state index contributed by atoms with van der Waals surface area (Å²) in [6, 6.07) is 9.48. The molecule has 2 aromatic carbocycles. The molecule has 8 rings (SSSR count). The van der Waals surface area contributed by atoms with Gasteiger partial charge in [-0.05, 0) is 107 Å². The van der Waals surface area contributed by atoms with Crippen LogP contribution in [0, 0.1) is 18.6 Å². The first-order valence-corrected chi connectivity index (χ1v) is 21.2. The van der Waals surface area contributed by atoms with E-state index in [1.165, 1.54) is 30.2 Å². The smallest absolute Gasteiger partial charge is 0.434 e. The number of ether oxygens (including phenoxy) is 3. The highest BCUT2D eigenvalue weighted by atomic mass is 32.1. The molecule has 2 N–H and O–H groups in total. The predicted molar refractivity (Wildman–Crippen MR) is 226 cm³/mol. The van der Waals surface area contributed by atoms with Crippen LogP contribution in [-0.2, 0) is 28.7 Å². The number of methoxy groups -OCH3 is 1. The SMILES string of the molecule is CCOC(=O)c1c([C@@H]2CCCN2C(=O)OC(C)(C)C)nc(CCc2ccc(F)cc2)c(-c2n[nH]c(=O)o2)c1-c1cc2cc(C)nc(N[C@H]3c4ccc(F)c(OC)c4CC3(F)F)c2s1. The molecule has 0 saturated carbocycles. The van der Waals surface area contributed by atoms with Crippen molar-refractivity contribution in [3.05, 3.63) is 110 Å². The highest BCUT2D eigenvalue weighted by molar-refractivity contribution is 7.23. The van der Waals surface area contributed by atoms with Crippen LogP contribution < -0.4 is 15.8 Å². The van der Waals surface area contributed by atoms with E-state index < -0.39 is 59.5 Å². The minimum Gasteiger partial charge on any atom is -0.493 e. The van der Waals surface area contributed by atoms with Gasteiger partial charge in [0, 0.05) is 34.7 Å². The monoisotopic (exact) mass is 888 g/mol. The number of anilines is 1. The topological polar surface area (TPSA) is 162 Å². The summed E-state index contributed by atoms with van der Waals surface area (Å²) in [5.41, 5.74) is 1.48. The van der Waals surface area contributed by atoms with Crippen LogP contribution in [0.3, 0.4) is 0 Å². The molecule has 330 valence electrons. The standard InChI is InChI=1S/C45H44F4N6O7S/c1-7-60-41(56)34-33(31-20-24-19-22(2)50-39(37(24)63-31)52-38-26-15-16-28(47)36(59-6)27(26)21-45(38,48)49)32(40-53-54-42(57)61-40)29(17-12-23-10-13-25(46)14-11-23)51-35(34)30-9-8-18-55(30)43(58)62-44(3,4)5/h10-11,13-16,19-20,30,38H,7-9,12,17-18,21H2,1-6H3,(H,50,52)(H,54,57)/t30-,38-/m0/s1. The lowest BCUT2D eigenvalue weighted by Crippen LogP contribution is -2.37. The van der Waals surface area contributed by atoms with Crippen molar-refractivity contribution in [2.24, 2.45) is 0 Å². The zero-order valence-electron chi connectivity index (χ0n) is 35.3. The number of likely N-dealkylation sites (tertiary alicyclic amines) is 1. The van der Waals surface area contributed by atoms with Crippen molar-refractivity contribution in [2.45, 2.75) is 90.3 Å². The van der Waals surface area contributed by atoms with Crippen LogP contribution in [-0.4, -0.2) is 68.9 Å². The summed E-state index contributed by atoms with van der Waals surface area (Å²) < 4.78 is 83.4. The van der Waals surface area contributed by atoms with Gasteiger partial charge in [-0.25, -0.2) is 42.0 Å². The number of carbonyl (C=O) groups excluding carboxylic acids is 2. The summed E-state index contributed by atoms with van der Waals surface area (Å²) in [5, 5.41) is 10.0. The number of carbonyl (C=O) groups is 2. The van der Waals surface area contributed by atoms with E-state index in [1.807, 2.05) is 0 Å². The van der Waals surface area contributed by atoms with Gasteiger partial charge in [0.05, 0.1) is 47.0 Å². The fraction of sp³-hybridized carbons (Fsp3) is 0.378. The van der Waals surface area contributed by atoms with Crippen LogP contribution in [0.5, 0.6) is 5.75 Å². The van der Waals surface area contributed by atoms with Gasteiger partial charge >= 0.3 is 17.8 Å². The number of alkyl halides is 2. The average Bonchev–Trinajstić information content (AvgIpc) is 4.02. The van der Waals surface area contributed by atoms with Gasteiger partial charge in [0.2, 0.25) is 0 Å². The molecular weight excluding hydrogens is 845 g/mol. The molecule has 63 heavy (non-hydrogen) atoms. The van der Waals surface area contributed by atoms with E-state index in [4.69, 9.17) is 23.6 Å². The lowest BCUT2D eigenvalue weighted by atomic mass is 9.91. The number of aromatic amines is 1. The molecular formula is C45H44F4N6O7S. The minimum atomic E-state index is -3.37. The summed E-state index contributed by atoms with van der Waals surface area (Å²) in [4.78, 5) is 52.7. The van der Waals surface area contributed by atoms with E-state index >= 15 is 8.78 Å². The number of H-pyrrole nitrogens is 1. The third-order valence-electron chi connectivity index (χ3n) is 10.9. The van der Waals surface area contributed by atoms with Gasteiger partial charge in [0.25, 0.3) is 11.8 Å². The van der Waals surface area contributed by atoms with Crippen LogP contribution in [0.25, 0.3) is 32.0 Å². The molecule has 0 radical (unpaired) electrons. The van der Waals surface area contributed by atoms with Crippen molar-refractivity contribution in [3.63, 3.8) is 0 Å². The molecule has 0 bridgehead atoms. The number of aryl methyl sites for hydroxylation is 3. The van der Waals surface area contributed by atoms with Crippen LogP contribution in [0.15, 0.2) is 57.7 Å². The number of hydrogen-bond donors (Lipinski definition) is 2. The van der Waals surface area contributed by atoms with Gasteiger partial charge in [0.1, 0.15) is 23.3 Å². The second-order valence-electron chi connectivity index (χ2n) is 16.5. The number of nitrogens with zero attached hydrogens (tertiary/aromatic N) is 4. The number of halogens is 4. The van der Waals surface area contributed by atoms with Crippen molar-refractivity contribution < 1.29 is 45.8 Å². The Kier molecular flexibility index (Phi) is 11.5. The van der Waals surface area contributed by atoms with Gasteiger partial charge in [0.15, 0.2) is 11.6 Å². The lowest BCUT2D eigenvalue weighted by molar-refractivity contribution is -0.00739. The zero-order chi connectivity index (χ0) is 45.0. The average molecular weight is 889 g/mol. The van der Waals surface area contributed by atoms with Crippen molar-refractivity contribution in [3.8, 4) is 27.6 Å². The van der Waals surface area contributed by atoms with Gasteiger partial charge in [-0.3, -0.25) is 9.88 Å². The van der Waals surface area contributed by atoms with Crippen molar-refractivity contribution in [1.82, 2.24) is 25.1 Å². The van der Waals surface area contributed by atoms with E-state index in [2.05, 4.69) is 20.5 Å². The fourth-order valence-corrected chi connectivity index (χ4v) is 9.53. The molecule has 1 saturated heterocycles. The highest BCUT2D eigenvalue weighted by Crippen LogP contribution is 2.51. The van der Waals surface area contributed by atoms with E-state index in [0.29, 0.717) is 52.2 Å². The number of amides is 1. The summed E-state index contributed by atoms with van der Waals surface area (Å²) >= 11 is 1.12. The number of aromatic nitrogens is 4. The summed E-state index contributed by atoms with van der Waals surface area (Å²) in [6.07, 6.45) is 0.0699. The Bertz CT molecular complexity index is 2800. The predicted octanol–water partition coefficient (Wildman–Crippen LogP) is 9.68. The number of esters is 1. The molecule has 2 atom stereocenters. The van der Waals surface area contributed by atoms with Crippen molar-refractivity contribution in [2.75, 3.05) is 25.6 Å². The van der Waals surface area contributed by atoms with E-state index in [-0.39, 0.29) is 64.0 Å². The number of benzene rings is 2. The normalized spacial score (nSPS) is 17.0. The maximum atomic E-state index is 16.0. The Balaban J connectivity index is 1.37. The summed E-state index contributed by atoms with van der Waals surface area (Å²) in [5.74, 6) is -6.56. The van der Waals surface area contributed by atoms with Gasteiger partial charge in [-0.1, -0.05) is 18.2 Å². The van der Waals surface area contributed by atoms with Crippen molar-refractivity contribution >= 4 is 39.3 Å². The Hall–Kier alpha value is -6.30. The number of rotatable bonds is 11. The molecule has 6 aromatic rings. The van der Waals surface area contributed by atoms with Gasteiger partial charge < -0.3 is 23.9 Å². The number of fused-ring (bicyclic) bond motifs is 2. The summed E-state index contributed by atoms with van der Waals surface area (Å²) in [6.45, 7) is 8.87. The number of hydrogen-bond acceptors (Lipinski definition) is 12. The summed E-state index contributed by atoms with van der Waals surface area (Å²) in [7, 11) is 1.23. The van der Waals surface area contributed by atoms with Gasteiger partial charge in [-0.2, -0.15) is 0 Å². The van der Waals surface area contributed by atoms with Crippen LogP contribution in [0.2, 0.25) is 0 Å². The minimum absolute atomic E-state index is 0.0281. The molecule has 2 aliphatic rings. The van der Waals surface area contributed by atoms with E-state index in [1.54, 1.807) is 58.9 Å². The molecule has 4 aromatic heterocycles. The van der Waals surface area contributed by atoms with E-state index in [0.717, 1.165) is 23.0 Å². The second-order valence-corrected chi connectivity index (χ2v) is 17.5. The number of pyridine rings is 2. The molecule has 0 unspecified atom stereocenters. The maximum absolute atomic E-state index is 16.0. The van der Waals surface area contributed by atoms with Crippen LogP contribution >= 0.6 is 11.3 Å². The third-order valence-corrected chi connectivity index (χ3v) is 12.1. The Labute approximate surface area is 362 Å². The van der Waals surface area contributed by atoms with Crippen LogP contribution in [0.1, 0.15) is 96.8 Å². The number of thiophene rings is 1. The largest absolute Gasteiger partial charge is 0.493 e. The number of nitrogens with one attached hydrogen (secondary N) is 2. The quantitative estimate of drug-likeness (QED) is 0.0941. The molecule has 1 amide bonds. The Morgan fingerprint density at radius 3 is 2.51 bits per heavy atom. The first-order chi connectivity index (χ1) is 30.0. The molecule has 1 fully saturated rings. The van der Waals surface area contributed by atoms with Gasteiger partial charge in [-0.15, -0.1) is 16.4 Å². The molecule has 13 nitrogen and oxygen atoms in total. The van der Waals surface area contributed by atoms with Crippen LogP contribution in [0.4, 0.5) is 28.2 Å².